The van der Waals surface area contributed by atoms with Crippen molar-refractivity contribution >= 4 is 24.2 Å². The molecule has 0 aliphatic carbocycles. The van der Waals surface area contributed by atoms with Gasteiger partial charge < -0.3 is 31.9 Å². The number of aromatic hydroxyl groups is 2. The molecule has 0 fully saturated rings. The summed E-state index contributed by atoms with van der Waals surface area (Å²) in [5.74, 6) is -1.51. The van der Waals surface area contributed by atoms with Crippen molar-refractivity contribution in [1.82, 2.24) is 10.2 Å². The highest BCUT2D eigenvalue weighted by molar-refractivity contribution is 5.93. The highest BCUT2D eigenvalue weighted by atomic mass is 16.3. The number of aliphatic imine (C=N–C) groups is 1. The lowest BCUT2D eigenvalue weighted by Gasteiger charge is -2.32. The van der Waals surface area contributed by atoms with Crippen LogP contribution in [-0.4, -0.2) is 45.9 Å². The second kappa shape index (κ2) is 13.3. The van der Waals surface area contributed by atoms with Crippen LogP contribution in [0.1, 0.15) is 50.7 Å². The van der Waals surface area contributed by atoms with Crippen molar-refractivity contribution in [3.05, 3.63) is 99.7 Å². The number of carbonyl (C=O) groups is 2. The third kappa shape index (κ3) is 7.29. The molecule has 0 heterocycles. The Balaban J connectivity index is 1.92. The maximum absolute atomic E-state index is 13.8. The SMILES string of the molecule is C=N/C(=C\NC(C)N(Cc1ccc(O)c(O)c1)C(=O)[C@@H](N)Cc1c(C)cc(C(N)=O)cc1C)c1ccccc1C#N. The topological polar surface area (TPSA) is 178 Å². The monoisotopic (exact) mass is 554 g/mol. The summed E-state index contributed by atoms with van der Waals surface area (Å²) in [6.07, 6.45) is 1.17. The predicted molar refractivity (Wildman–Crippen MR) is 158 cm³/mol. The number of phenolic OH excluding ortho intramolecular Hbond substituents is 2. The summed E-state index contributed by atoms with van der Waals surface area (Å²) in [5.41, 5.74) is 16.7. The summed E-state index contributed by atoms with van der Waals surface area (Å²) < 4.78 is 0. The van der Waals surface area contributed by atoms with E-state index in [9.17, 15) is 25.1 Å². The van der Waals surface area contributed by atoms with Gasteiger partial charge in [-0.1, -0.05) is 24.3 Å². The van der Waals surface area contributed by atoms with E-state index >= 15 is 0 Å². The molecular formula is C31H34N6O4. The van der Waals surface area contributed by atoms with Gasteiger partial charge in [0.2, 0.25) is 11.8 Å². The molecule has 10 nitrogen and oxygen atoms in total. The van der Waals surface area contributed by atoms with Crippen LogP contribution in [0.2, 0.25) is 0 Å². The first-order chi connectivity index (χ1) is 19.5. The molecule has 0 bridgehead atoms. The highest BCUT2D eigenvalue weighted by Crippen LogP contribution is 2.26. The second-order valence-electron chi connectivity index (χ2n) is 9.74. The van der Waals surface area contributed by atoms with Crippen LogP contribution in [0.5, 0.6) is 11.5 Å². The molecule has 41 heavy (non-hydrogen) atoms. The van der Waals surface area contributed by atoms with E-state index in [4.69, 9.17) is 11.5 Å². The molecule has 0 radical (unpaired) electrons. The number of aryl methyl sites for hydroxylation is 2. The first-order valence-corrected chi connectivity index (χ1v) is 12.9. The van der Waals surface area contributed by atoms with Crippen molar-refractivity contribution in [2.24, 2.45) is 16.5 Å². The van der Waals surface area contributed by atoms with Crippen LogP contribution in [0.4, 0.5) is 0 Å². The van der Waals surface area contributed by atoms with Gasteiger partial charge >= 0.3 is 0 Å². The Morgan fingerprint density at radius 1 is 1.12 bits per heavy atom. The Bertz CT molecular complexity index is 1520. The highest BCUT2D eigenvalue weighted by Gasteiger charge is 2.27. The van der Waals surface area contributed by atoms with E-state index in [1.54, 1.807) is 55.6 Å². The number of hydrogen-bond donors (Lipinski definition) is 5. The standard InChI is InChI=1S/C31H34N6O4/c1-18-11-23(30(34)40)12-19(2)25(18)14-26(33)31(41)37(17-21-9-10-28(38)29(39)13-21)20(3)36-16-27(35-4)24-8-6-5-7-22(24)15-32/h5-13,16,20,26,36,38-39H,4,14,17,33H2,1-3H3,(H2,34,40)/b27-16-/t20?,26-/m0/s1. The molecule has 3 aromatic rings. The van der Waals surface area contributed by atoms with E-state index in [-0.39, 0.29) is 30.4 Å². The fourth-order valence-corrected chi connectivity index (χ4v) is 4.55. The molecule has 0 aliphatic rings. The molecule has 0 saturated carbocycles. The minimum atomic E-state index is -0.943. The van der Waals surface area contributed by atoms with Crippen LogP contribution in [0.25, 0.3) is 5.70 Å². The minimum Gasteiger partial charge on any atom is -0.504 e. The Morgan fingerprint density at radius 2 is 1.78 bits per heavy atom. The fraction of sp³-hybridized carbons (Fsp3) is 0.226. The fourth-order valence-electron chi connectivity index (χ4n) is 4.55. The van der Waals surface area contributed by atoms with Gasteiger partial charge in [-0.25, -0.2) is 0 Å². The molecule has 212 valence electrons. The first kappa shape index (κ1) is 30.4. The van der Waals surface area contributed by atoms with Gasteiger partial charge in [0.1, 0.15) is 0 Å². The van der Waals surface area contributed by atoms with Crippen LogP contribution in [0.15, 0.2) is 65.8 Å². The van der Waals surface area contributed by atoms with E-state index < -0.39 is 18.1 Å². The third-order valence-electron chi connectivity index (χ3n) is 6.82. The molecule has 0 aliphatic heterocycles. The smallest absolute Gasteiger partial charge is 0.248 e. The van der Waals surface area contributed by atoms with Crippen molar-refractivity contribution in [2.75, 3.05) is 0 Å². The van der Waals surface area contributed by atoms with Crippen molar-refractivity contribution in [2.45, 2.75) is 45.9 Å². The van der Waals surface area contributed by atoms with Gasteiger partial charge in [-0.15, -0.1) is 0 Å². The largest absolute Gasteiger partial charge is 0.504 e. The van der Waals surface area contributed by atoms with E-state index in [1.165, 1.54) is 17.0 Å². The van der Waals surface area contributed by atoms with Gasteiger partial charge in [0.25, 0.3) is 0 Å². The van der Waals surface area contributed by atoms with E-state index in [0.717, 1.165) is 16.7 Å². The molecule has 0 aromatic heterocycles. The number of carbonyl (C=O) groups excluding carboxylic acids is 2. The van der Waals surface area contributed by atoms with Gasteiger partial charge in [0, 0.05) is 23.9 Å². The predicted octanol–water partition coefficient (Wildman–Crippen LogP) is 3.22. The Hall–Kier alpha value is -5.14. The van der Waals surface area contributed by atoms with Gasteiger partial charge in [0.15, 0.2) is 11.5 Å². The zero-order chi connectivity index (χ0) is 30.3. The number of nitrogens with zero attached hydrogens (tertiary/aromatic N) is 3. The maximum Gasteiger partial charge on any atom is 0.248 e. The van der Waals surface area contributed by atoms with Crippen LogP contribution in [-0.2, 0) is 17.8 Å². The third-order valence-corrected chi connectivity index (χ3v) is 6.82. The molecule has 1 unspecified atom stereocenters. The van der Waals surface area contributed by atoms with Crippen molar-refractivity contribution in [1.29, 1.82) is 5.26 Å². The normalized spacial score (nSPS) is 12.6. The number of rotatable bonds is 11. The van der Waals surface area contributed by atoms with Crippen LogP contribution in [0, 0.1) is 25.2 Å². The van der Waals surface area contributed by atoms with Crippen molar-refractivity contribution < 1.29 is 19.8 Å². The number of primary amides is 1. The van der Waals surface area contributed by atoms with Crippen molar-refractivity contribution in [3.63, 3.8) is 0 Å². The number of nitrogens with one attached hydrogen (secondary N) is 1. The molecule has 0 spiro atoms. The summed E-state index contributed by atoms with van der Waals surface area (Å²) in [6, 6.07) is 15.8. The van der Waals surface area contributed by atoms with Crippen molar-refractivity contribution in [3.8, 4) is 17.6 Å². The lowest BCUT2D eigenvalue weighted by atomic mass is 9.93. The number of nitriles is 1. The van der Waals surface area contributed by atoms with Gasteiger partial charge in [0.05, 0.1) is 29.5 Å². The summed E-state index contributed by atoms with van der Waals surface area (Å²) in [4.78, 5) is 31.0. The molecule has 3 aromatic carbocycles. The molecule has 2 amide bonds. The Morgan fingerprint density at radius 3 is 2.37 bits per heavy atom. The van der Waals surface area contributed by atoms with Gasteiger partial charge in [-0.2, -0.15) is 5.26 Å². The van der Waals surface area contributed by atoms with Crippen LogP contribution in [0.3, 0.4) is 0 Å². The summed E-state index contributed by atoms with van der Waals surface area (Å²) in [6.45, 7) is 9.11. The van der Waals surface area contributed by atoms with Crippen LogP contribution < -0.4 is 16.8 Å². The summed E-state index contributed by atoms with van der Waals surface area (Å²) >= 11 is 0. The van der Waals surface area contributed by atoms with Crippen LogP contribution >= 0.6 is 0 Å². The Kier molecular flexibility index (Phi) is 9.85. The van der Waals surface area contributed by atoms with E-state index in [2.05, 4.69) is 23.1 Å². The average Bonchev–Trinajstić information content (AvgIpc) is 2.95. The van der Waals surface area contributed by atoms with E-state index in [0.29, 0.717) is 28.0 Å². The zero-order valence-electron chi connectivity index (χ0n) is 23.3. The quantitative estimate of drug-likeness (QED) is 0.137. The lowest BCUT2D eigenvalue weighted by molar-refractivity contribution is -0.135. The molecule has 3 rings (SSSR count). The number of benzene rings is 3. The Labute approximate surface area is 239 Å². The number of amides is 2. The van der Waals surface area contributed by atoms with Gasteiger partial charge in [-0.3, -0.25) is 14.6 Å². The average molecular weight is 555 g/mol. The lowest BCUT2D eigenvalue weighted by Crippen LogP contribution is -2.52. The maximum atomic E-state index is 13.8. The van der Waals surface area contributed by atoms with Gasteiger partial charge in [-0.05, 0) is 86.5 Å². The van der Waals surface area contributed by atoms with E-state index in [1.807, 2.05) is 13.8 Å². The molecular weight excluding hydrogens is 520 g/mol. The number of hydrogen-bond acceptors (Lipinski definition) is 8. The summed E-state index contributed by atoms with van der Waals surface area (Å²) in [7, 11) is 0. The molecule has 7 N–H and O–H groups in total. The number of phenols is 2. The summed E-state index contributed by atoms with van der Waals surface area (Å²) in [5, 5.41) is 32.4. The second-order valence-corrected chi connectivity index (χ2v) is 9.74. The zero-order valence-corrected chi connectivity index (χ0v) is 23.3. The minimum absolute atomic E-state index is 0.0621. The first-order valence-electron chi connectivity index (χ1n) is 12.9. The molecule has 0 saturated heterocycles. The molecule has 10 heteroatoms. The number of nitrogens with two attached hydrogens (primary N) is 2. The molecule has 2 atom stereocenters.